The van der Waals surface area contributed by atoms with Crippen LogP contribution in [-0.2, 0) is 4.79 Å². The lowest BCUT2D eigenvalue weighted by Crippen LogP contribution is -2.43. The standard InChI is InChI=1S/C15H30N2O/c1-11(2)8-14(10-16)17-15(18)12(3)9-13-6-4-5-7-13/h11-14H,4-10,16H2,1-3H3,(H,17,18). The number of rotatable bonds is 7. The van der Waals surface area contributed by atoms with Gasteiger partial charge >= 0.3 is 0 Å². The first kappa shape index (κ1) is 15.5. The average Bonchev–Trinajstić information content (AvgIpc) is 2.80. The van der Waals surface area contributed by atoms with Crippen LogP contribution in [0.4, 0.5) is 0 Å². The van der Waals surface area contributed by atoms with E-state index in [2.05, 4.69) is 26.1 Å². The third kappa shape index (κ3) is 5.38. The Labute approximate surface area is 112 Å². The number of nitrogens with two attached hydrogens (primary N) is 1. The van der Waals surface area contributed by atoms with Gasteiger partial charge in [-0.1, -0.05) is 46.5 Å². The maximum Gasteiger partial charge on any atom is 0.223 e. The molecule has 0 aromatic rings. The molecule has 0 aromatic heterocycles. The van der Waals surface area contributed by atoms with Crippen molar-refractivity contribution in [1.29, 1.82) is 0 Å². The van der Waals surface area contributed by atoms with Gasteiger partial charge in [-0.25, -0.2) is 0 Å². The monoisotopic (exact) mass is 254 g/mol. The van der Waals surface area contributed by atoms with Crippen molar-refractivity contribution in [3.05, 3.63) is 0 Å². The van der Waals surface area contributed by atoms with Gasteiger partial charge in [0.15, 0.2) is 0 Å². The fourth-order valence-electron chi connectivity index (χ4n) is 2.98. The zero-order valence-corrected chi connectivity index (χ0v) is 12.2. The third-order valence-corrected chi connectivity index (χ3v) is 4.00. The Bertz CT molecular complexity index is 247. The number of hydrogen-bond acceptors (Lipinski definition) is 2. The van der Waals surface area contributed by atoms with Crippen molar-refractivity contribution < 1.29 is 4.79 Å². The number of carbonyl (C=O) groups is 1. The highest BCUT2D eigenvalue weighted by Crippen LogP contribution is 2.30. The second-order valence-electron chi connectivity index (χ2n) is 6.36. The molecular weight excluding hydrogens is 224 g/mol. The smallest absolute Gasteiger partial charge is 0.223 e. The van der Waals surface area contributed by atoms with E-state index in [4.69, 9.17) is 5.73 Å². The van der Waals surface area contributed by atoms with E-state index in [1.807, 2.05) is 0 Å². The molecule has 0 saturated heterocycles. The Morgan fingerprint density at radius 3 is 2.39 bits per heavy atom. The minimum atomic E-state index is 0.134. The molecular formula is C15H30N2O. The van der Waals surface area contributed by atoms with Gasteiger partial charge in [-0.15, -0.1) is 0 Å². The van der Waals surface area contributed by atoms with Crippen molar-refractivity contribution in [1.82, 2.24) is 5.32 Å². The van der Waals surface area contributed by atoms with Crippen molar-refractivity contribution in [2.24, 2.45) is 23.5 Å². The Hall–Kier alpha value is -0.570. The maximum absolute atomic E-state index is 12.1. The summed E-state index contributed by atoms with van der Waals surface area (Å²) < 4.78 is 0. The molecule has 0 radical (unpaired) electrons. The number of amides is 1. The van der Waals surface area contributed by atoms with Gasteiger partial charge in [0.05, 0.1) is 0 Å². The summed E-state index contributed by atoms with van der Waals surface area (Å²) in [7, 11) is 0. The van der Waals surface area contributed by atoms with E-state index in [0.29, 0.717) is 12.5 Å². The molecule has 1 amide bonds. The predicted octanol–water partition coefficient (Wildman–Crippen LogP) is 2.69. The fraction of sp³-hybridized carbons (Fsp3) is 0.933. The van der Waals surface area contributed by atoms with Crippen LogP contribution in [0.1, 0.15) is 59.3 Å². The van der Waals surface area contributed by atoms with Crippen LogP contribution in [0.15, 0.2) is 0 Å². The second-order valence-corrected chi connectivity index (χ2v) is 6.36. The first-order valence-electron chi connectivity index (χ1n) is 7.53. The zero-order chi connectivity index (χ0) is 13.5. The van der Waals surface area contributed by atoms with Crippen LogP contribution in [0.2, 0.25) is 0 Å². The molecule has 2 atom stereocenters. The van der Waals surface area contributed by atoms with Crippen LogP contribution in [0.25, 0.3) is 0 Å². The van der Waals surface area contributed by atoms with Crippen molar-refractivity contribution in [3.8, 4) is 0 Å². The largest absolute Gasteiger partial charge is 0.352 e. The third-order valence-electron chi connectivity index (χ3n) is 4.00. The maximum atomic E-state index is 12.1. The highest BCUT2D eigenvalue weighted by molar-refractivity contribution is 5.78. The van der Waals surface area contributed by atoms with E-state index >= 15 is 0 Å². The van der Waals surface area contributed by atoms with Crippen LogP contribution in [-0.4, -0.2) is 18.5 Å². The minimum Gasteiger partial charge on any atom is -0.352 e. The van der Waals surface area contributed by atoms with Crippen LogP contribution in [0.3, 0.4) is 0 Å². The molecule has 3 nitrogen and oxygen atoms in total. The van der Waals surface area contributed by atoms with Crippen LogP contribution in [0, 0.1) is 17.8 Å². The minimum absolute atomic E-state index is 0.134. The van der Waals surface area contributed by atoms with E-state index < -0.39 is 0 Å². The average molecular weight is 254 g/mol. The molecule has 2 unspecified atom stereocenters. The summed E-state index contributed by atoms with van der Waals surface area (Å²) in [5.41, 5.74) is 5.72. The molecule has 3 heteroatoms. The molecule has 0 spiro atoms. The molecule has 0 bridgehead atoms. The Kier molecular flexibility index (Phi) is 6.69. The van der Waals surface area contributed by atoms with Crippen molar-refractivity contribution >= 4 is 5.91 Å². The summed E-state index contributed by atoms with van der Waals surface area (Å²) in [5.74, 6) is 1.67. The van der Waals surface area contributed by atoms with Crippen LogP contribution < -0.4 is 11.1 Å². The van der Waals surface area contributed by atoms with E-state index in [1.165, 1.54) is 25.7 Å². The van der Waals surface area contributed by atoms with Crippen LogP contribution >= 0.6 is 0 Å². The molecule has 0 heterocycles. The molecule has 0 aromatic carbocycles. The van der Waals surface area contributed by atoms with E-state index in [9.17, 15) is 4.79 Å². The zero-order valence-electron chi connectivity index (χ0n) is 12.2. The molecule has 18 heavy (non-hydrogen) atoms. The molecule has 1 aliphatic carbocycles. The topological polar surface area (TPSA) is 55.1 Å². The van der Waals surface area contributed by atoms with Gasteiger partial charge < -0.3 is 11.1 Å². The van der Waals surface area contributed by atoms with Gasteiger partial charge in [0, 0.05) is 18.5 Å². The lowest BCUT2D eigenvalue weighted by atomic mass is 9.93. The van der Waals surface area contributed by atoms with Gasteiger partial charge in [0.2, 0.25) is 5.91 Å². The van der Waals surface area contributed by atoms with Crippen molar-refractivity contribution in [3.63, 3.8) is 0 Å². The van der Waals surface area contributed by atoms with Crippen LogP contribution in [0.5, 0.6) is 0 Å². The molecule has 3 N–H and O–H groups in total. The summed E-state index contributed by atoms with van der Waals surface area (Å²) >= 11 is 0. The normalized spacial score (nSPS) is 20.1. The molecule has 1 fully saturated rings. The van der Waals surface area contributed by atoms with Crippen molar-refractivity contribution in [2.45, 2.75) is 65.3 Å². The van der Waals surface area contributed by atoms with E-state index in [0.717, 1.165) is 18.8 Å². The summed E-state index contributed by atoms with van der Waals surface area (Å²) in [6, 6.07) is 0.142. The molecule has 1 aliphatic rings. The lowest BCUT2D eigenvalue weighted by molar-refractivity contribution is -0.125. The number of carbonyl (C=O) groups excluding carboxylic acids is 1. The Balaban J connectivity index is 2.32. The van der Waals surface area contributed by atoms with E-state index in [-0.39, 0.29) is 17.9 Å². The van der Waals surface area contributed by atoms with E-state index in [1.54, 1.807) is 0 Å². The Morgan fingerprint density at radius 2 is 1.89 bits per heavy atom. The number of nitrogens with one attached hydrogen (secondary N) is 1. The van der Waals surface area contributed by atoms with Gasteiger partial charge in [-0.2, -0.15) is 0 Å². The molecule has 1 rings (SSSR count). The SMILES string of the molecule is CC(C)CC(CN)NC(=O)C(C)CC1CCCC1. The lowest BCUT2D eigenvalue weighted by Gasteiger charge is -2.22. The summed E-state index contributed by atoms with van der Waals surface area (Å²) in [6.45, 7) is 6.92. The summed E-state index contributed by atoms with van der Waals surface area (Å²) in [5, 5.41) is 3.11. The first-order chi connectivity index (χ1) is 8.52. The van der Waals surface area contributed by atoms with Crippen molar-refractivity contribution in [2.75, 3.05) is 6.54 Å². The second kappa shape index (κ2) is 7.78. The van der Waals surface area contributed by atoms with Gasteiger partial charge in [-0.05, 0) is 24.7 Å². The predicted molar refractivity (Wildman–Crippen MR) is 76.2 cm³/mol. The quantitative estimate of drug-likeness (QED) is 0.734. The van der Waals surface area contributed by atoms with Gasteiger partial charge in [0.25, 0.3) is 0 Å². The molecule has 1 saturated carbocycles. The highest BCUT2D eigenvalue weighted by atomic mass is 16.1. The highest BCUT2D eigenvalue weighted by Gasteiger charge is 2.23. The van der Waals surface area contributed by atoms with Gasteiger partial charge in [-0.3, -0.25) is 4.79 Å². The summed E-state index contributed by atoms with van der Waals surface area (Å²) in [6.07, 6.45) is 7.33. The Morgan fingerprint density at radius 1 is 1.28 bits per heavy atom. The first-order valence-corrected chi connectivity index (χ1v) is 7.53. The molecule has 0 aliphatic heterocycles. The number of hydrogen-bond donors (Lipinski definition) is 2. The fourth-order valence-corrected chi connectivity index (χ4v) is 2.98. The van der Waals surface area contributed by atoms with Gasteiger partial charge in [0.1, 0.15) is 0 Å². The summed E-state index contributed by atoms with van der Waals surface area (Å²) in [4.78, 5) is 12.1. The molecule has 106 valence electrons.